The van der Waals surface area contributed by atoms with Gasteiger partial charge in [0.15, 0.2) is 6.10 Å². The van der Waals surface area contributed by atoms with Gasteiger partial charge in [-0.1, -0.05) is 6.07 Å². The first kappa shape index (κ1) is 48.3. The monoisotopic (exact) mass is 792 g/mol. The second-order valence-corrected chi connectivity index (χ2v) is 18.0. The van der Waals surface area contributed by atoms with E-state index in [4.69, 9.17) is 28.8 Å². The summed E-state index contributed by atoms with van der Waals surface area (Å²) in [7, 11) is 0. The van der Waals surface area contributed by atoms with Crippen LogP contribution in [0.4, 0.5) is 4.79 Å². The first-order chi connectivity index (χ1) is 25.7. The summed E-state index contributed by atoms with van der Waals surface area (Å²) in [6.45, 7) is 25.6. The van der Waals surface area contributed by atoms with Gasteiger partial charge in [-0.15, -0.1) is 0 Å². The summed E-state index contributed by atoms with van der Waals surface area (Å²) in [6.07, 6.45) is -1.60. The van der Waals surface area contributed by atoms with Crippen LogP contribution in [0.25, 0.3) is 0 Å². The van der Waals surface area contributed by atoms with E-state index in [9.17, 15) is 24.0 Å². The van der Waals surface area contributed by atoms with Crippen molar-refractivity contribution in [2.24, 2.45) is 0 Å². The smallest absolute Gasteiger partial charge is 0.431 e. The van der Waals surface area contributed by atoms with E-state index in [0.29, 0.717) is 58.8 Å². The molecule has 1 atom stereocenters. The van der Waals surface area contributed by atoms with Gasteiger partial charge in [-0.05, 0) is 115 Å². The maximum absolute atomic E-state index is 12.9. The highest BCUT2D eigenvalue weighted by molar-refractivity contribution is 5.79. The third-order valence-electron chi connectivity index (χ3n) is 7.61. The minimum Gasteiger partial charge on any atom is -0.459 e. The number of amides is 2. The number of nitrogens with zero attached hydrogens (tertiary/aromatic N) is 4. The van der Waals surface area contributed by atoms with Crippen LogP contribution in [0.2, 0.25) is 0 Å². The molecule has 2 heterocycles. The SMILES string of the molecule is CC(C)(C)OC(=O)CN1CCN(CCCNC(=O)CCC(ONC(=O)OC(C)(C)C)C(=O)OC(C)(C)C)CCN(CC(=O)OC(C)(C)C)Cc2cccc(n2)C1. The van der Waals surface area contributed by atoms with Crippen LogP contribution in [0, 0.1) is 0 Å². The fraction of sp³-hybridized carbons (Fsp3) is 0.750. The Morgan fingerprint density at radius 2 is 1.14 bits per heavy atom. The number of esters is 3. The molecule has 2 amide bonds. The number of pyridine rings is 1. The maximum atomic E-state index is 12.9. The standard InChI is InChI=1S/C40H68N6O10/c1-37(2,3)52-33(48)27-45-23-21-44(22-24-46(28-34(49)53-38(4,5)6)26-30-16-13-15-29(25-45)42-30)20-14-19-41-32(47)18-17-31(35(50)54-39(7,8)9)56-43-36(51)55-40(10,11)12/h13,15-16,31H,14,17-28H2,1-12H3,(H,41,47)(H,43,51). The molecule has 2 N–H and O–H groups in total. The Morgan fingerprint density at radius 1 is 0.679 bits per heavy atom. The summed E-state index contributed by atoms with van der Waals surface area (Å²) in [5.74, 6) is -1.66. The van der Waals surface area contributed by atoms with E-state index in [1.807, 2.05) is 69.5 Å². The quantitative estimate of drug-likeness (QED) is 0.119. The number of fused-ring (bicyclic) bond motifs is 2. The van der Waals surface area contributed by atoms with Crippen molar-refractivity contribution in [3.05, 3.63) is 29.6 Å². The summed E-state index contributed by atoms with van der Waals surface area (Å²) in [4.78, 5) is 80.2. The van der Waals surface area contributed by atoms with Crippen molar-refractivity contribution in [1.82, 2.24) is 30.5 Å². The Hall–Kier alpha value is -3.86. The molecule has 0 aromatic carbocycles. The Kier molecular flexibility index (Phi) is 18.6. The molecule has 0 saturated heterocycles. The lowest BCUT2D eigenvalue weighted by molar-refractivity contribution is -0.173. The fourth-order valence-electron chi connectivity index (χ4n) is 5.50. The van der Waals surface area contributed by atoms with E-state index < -0.39 is 40.6 Å². The summed E-state index contributed by atoms with van der Waals surface area (Å²) >= 11 is 0. The van der Waals surface area contributed by atoms with Crippen LogP contribution in [0.3, 0.4) is 0 Å². The Labute approximate surface area is 333 Å². The van der Waals surface area contributed by atoms with Gasteiger partial charge in [0.05, 0.1) is 24.5 Å². The van der Waals surface area contributed by atoms with Crippen LogP contribution in [0.5, 0.6) is 0 Å². The molecular formula is C40H68N6O10. The van der Waals surface area contributed by atoms with Gasteiger partial charge in [-0.3, -0.25) is 34.0 Å². The highest BCUT2D eigenvalue weighted by Gasteiger charge is 2.29. The number of aromatic nitrogens is 1. The van der Waals surface area contributed by atoms with Crippen LogP contribution in [-0.4, -0.2) is 130 Å². The van der Waals surface area contributed by atoms with E-state index >= 15 is 0 Å². The summed E-state index contributed by atoms with van der Waals surface area (Å²) < 4.78 is 21.9. The zero-order valence-corrected chi connectivity index (χ0v) is 35.9. The molecule has 16 heteroatoms. The van der Waals surface area contributed by atoms with Gasteiger partial charge in [0.1, 0.15) is 22.4 Å². The second kappa shape index (κ2) is 21.6. The molecule has 318 valence electrons. The number of nitrogens with one attached hydrogen (secondary N) is 2. The summed E-state index contributed by atoms with van der Waals surface area (Å²) in [5.41, 5.74) is 0.924. The molecule has 0 aliphatic carbocycles. The van der Waals surface area contributed by atoms with Crippen LogP contribution in [0.1, 0.15) is 114 Å². The highest BCUT2D eigenvalue weighted by Crippen LogP contribution is 2.15. The molecule has 1 aliphatic heterocycles. The van der Waals surface area contributed by atoms with E-state index in [0.717, 1.165) is 11.4 Å². The van der Waals surface area contributed by atoms with Gasteiger partial charge >= 0.3 is 24.0 Å². The minimum atomic E-state index is -1.24. The molecule has 56 heavy (non-hydrogen) atoms. The summed E-state index contributed by atoms with van der Waals surface area (Å²) in [5, 5.41) is 2.91. The largest absolute Gasteiger partial charge is 0.459 e. The van der Waals surface area contributed by atoms with Gasteiger partial charge < -0.3 is 29.2 Å². The van der Waals surface area contributed by atoms with Crippen LogP contribution in [-0.2, 0) is 56.1 Å². The van der Waals surface area contributed by atoms with Gasteiger partial charge in [0.2, 0.25) is 5.91 Å². The lowest BCUT2D eigenvalue weighted by Crippen LogP contribution is -2.44. The van der Waals surface area contributed by atoms with Crippen molar-refractivity contribution >= 4 is 29.9 Å². The van der Waals surface area contributed by atoms with Crippen LogP contribution < -0.4 is 10.8 Å². The predicted octanol–water partition coefficient (Wildman–Crippen LogP) is 4.14. The molecule has 1 unspecified atom stereocenters. The summed E-state index contributed by atoms with van der Waals surface area (Å²) in [6, 6.07) is 5.79. The second-order valence-electron chi connectivity index (χ2n) is 18.0. The zero-order valence-electron chi connectivity index (χ0n) is 35.9. The number of carbonyl (C=O) groups is 5. The van der Waals surface area contributed by atoms with Crippen molar-refractivity contribution in [2.45, 2.75) is 144 Å². The molecule has 1 aliphatic rings. The Morgan fingerprint density at radius 3 is 1.61 bits per heavy atom. The molecule has 16 nitrogen and oxygen atoms in total. The van der Waals surface area contributed by atoms with Crippen LogP contribution in [0.15, 0.2) is 18.2 Å². The van der Waals surface area contributed by atoms with Gasteiger partial charge in [-0.2, -0.15) is 5.48 Å². The van der Waals surface area contributed by atoms with Crippen molar-refractivity contribution in [3.8, 4) is 0 Å². The number of hydrogen-bond donors (Lipinski definition) is 2. The molecule has 0 saturated carbocycles. The zero-order chi connectivity index (χ0) is 42.3. The third-order valence-corrected chi connectivity index (χ3v) is 7.61. The maximum Gasteiger partial charge on any atom is 0.431 e. The third kappa shape index (κ3) is 22.6. The van der Waals surface area contributed by atoms with Crippen molar-refractivity contribution in [1.29, 1.82) is 0 Å². The predicted molar refractivity (Wildman–Crippen MR) is 210 cm³/mol. The van der Waals surface area contributed by atoms with E-state index in [1.165, 1.54) is 0 Å². The molecule has 1 aromatic rings. The Balaban J connectivity index is 2.10. The first-order valence-corrected chi connectivity index (χ1v) is 19.4. The minimum absolute atomic E-state index is 0.0411. The average Bonchev–Trinajstić information content (AvgIpc) is 2.99. The number of rotatable bonds is 14. The van der Waals surface area contributed by atoms with Crippen molar-refractivity contribution < 1.29 is 47.8 Å². The lowest BCUT2D eigenvalue weighted by Gasteiger charge is -2.31. The molecule has 1 aromatic heterocycles. The fourth-order valence-corrected chi connectivity index (χ4v) is 5.50. The molecular weight excluding hydrogens is 724 g/mol. The van der Waals surface area contributed by atoms with Gasteiger partial charge in [0.25, 0.3) is 0 Å². The lowest BCUT2D eigenvalue weighted by atomic mass is 10.1. The van der Waals surface area contributed by atoms with E-state index in [2.05, 4.69) is 15.7 Å². The van der Waals surface area contributed by atoms with Gasteiger partial charge in [0, 0.05) is 52.2 Å². The number of ether oxygens (including phenoxy) is 4. The highest BCUT2D eigenvalue weighted by atomic mass is 16.7. The number of hydroxylamine groups is 1. The number of carbonyl (C=O) groups excluding carboxylic acids is 5. The molecule has 0 spiro atoms. The first-order valence-electron chi connectivity index (χ1n) is 19.4. The molecule has 0 radical (unpaired) electrons. The average molecular weight is 793 g/mol. The topological polar surface area (TPSA) is 178 Å². The molecule has 2 bridgehead atoms. The Bertz CT molecular complexity index is 1390. The van der Waals surface area contributed by atoms with Crippen molar-refractivity contribution in [2.75, 3.05) is 52.4 Å². The van der Waals surface area contributed by atoms with E-state index in [1.54, 1.807) is 41.5 Å². The normalized spacial score (nSPS) is 16.1. The number of hydrogen-bond acceptors (Lipinski definition) is 14. The van der Waals surface area contributed by atoms with Gasteiger partial charge in [-0.25, -0.2) is 9.59 Å². The van der Waals surface area contributed by atoms with Crippen molar-refractivity contribution in [3.63, 3.8) is 0 Å². The van der Waals surface area contributed by atoms with E-state index in [-0.39, 0.29) is 43.8 Å². The van der Waals surface area contributed by atoms with Crippen LogP contribution >= 0.6 is 0 Å². The molecule has 0 fully saturated rings. The molecule has 2 rings (SSSR count).